The number of hydrogen-bond acceptors (Lipinski definition) is 3. The third kappa shape index (κ3) is 5.43. The minimum absolute atomic E-state index is 0.0914. The summed E-state index contributed by atoms with van der Waals surface area (Å²) < 4.78 is 0. The smallest absolute Gasteiger partial charge is 0.234 e. The highest BCUT2D eigenvalue weighted by atomic mass is 16.1. The summed E-state index contributed by atoms with van der Waals surface area (Å²) >= 11 is 0. The average Bonchev–Trinajstić information content (AvgIpc) is 3.36. The number of nitrogens with zero attached hydrogens (tertiary/aromatic N) is 1. The molecule has 0 bridgehead atoms. The van der Waals surface area contributed by atoms with Crippen molar-refractivity contribution in [3.63, 3.8) is 0 Å². The number of benzene rings is 1. The second kappa shape index (κ2) is 8.91. The molecule has 1 aromatic carbocycles. The first kappa shape index (κ1) is 17.0. The molecule has 2 N–H and O–H groups in total. The van der Waals surface area contributed by atoms with Gasteiger partial charge in [-0.2, -0.15) is 0 Å². The standard InChI is InChI=1S/C18H29N3O/c1-3-21(4-2)17(16-8-6-5-7-9-16)13-20-18(22)14-19-12-15-10-11-15/h5-9,15,17,19H,3-4,10-14H2,1-2H3,(H,20,22). The van der Waals surface area contributed by atoms with E-state index in [1.165, 1.54) is 18.4 Å². The van der Waals surface area contributed by atoms with Gasteiger partial charge in [0.05, 0.1) is 12.6 Å². The Bertz CT molecular complexity index is 441. The van der Waals surface area contributed by atoms with E-state index in [9.17, 15) is 4.79 Å². The summed E-state index contributed by atoms with van der Waals surface area (Å²) in [6.45, 7) is 8.35. The topological polar surface area (TPSA) is 44.4 Å². The highest BCUT2D eigenvalue weighted by molar-refractivity contribution is 5.78. The summed E-state index contributed by atoms with van der Waals surface area (Å²) in [4.78, 5) is 14.4. The molecule has 122 valence electrons. The lowest BCUT2D eigenvalue weighted by atomic mass is 10.1. The Kier molecular flexibility index (Phi) is 6.87. The molecular weight excluding hydrogens is 274 g/mol. The fourth-order valence-electron chi connectivity index (χ4n) is 2.78. The molecule has 1 unspecified atom stereocenters. The van der Waals surface area contributed by atoms with Crippen LogP contribution in [0.3, 0.4) is 0 Å². The molecule has 4 nitrogen and oxygen atoms in total. The second-order valence-corrected chi connectivity index (χ2v) is 6.03. The highest BCUT2D eigenvalue weighted by Crippen LogP contribution is 2.27. The molecule has 0 aromatic heterocycles. The van der Waals surface area contributed by atoms with Crippen molar-refractivity contribution in [3.8, 4) is 0 Å². The van der Waals surface area contributed by atoms with Gasteiger partial charge in [-0.05, 0) is 44.0 Å². The van der Waals surface area contributed by atoms with E-state index in [1.54, 1.807) is 0 Å². The number of carbonyl (C=O) groups is 1. The summed E-state index contributed by atoms with van der Waals surface area (Å²) in [6, 6.07) is 10.7. The maximum absolute atomic E-state index is 12.0. The van der Waals surface area contributed by atoms with E-state index in [1.807, 2.05) is 6.07 Å². The van der Waals surface area contributed by atoms with Gasteiger partial charge in [-0.3, -0.25) is 9.69 Å². The van der Waals surface area contributed by atoms with Crippen molar-refractivity contribution >= 4 is 5.91 Å². The monoisotopic (exact) mass is 303 g/mol. The first-order chi connectivity index (χ1) is 10.7. The van der Waals surface area contributed by atoms with Crippen LogP contribution in [-0.2, 0) is 4.79 Å². The number of likely N-dealkylation sites (N-methyl/N-ethyl adjacent to an activating group) is 1. The molecule has 1 aliphatic rings. The first-order valence-electron chi connectivity index (χ1n) is 8.51. The van der Waals surface area contributed by atoms with Gasteiger partial charge in [-0.15, -0.1) is 0 Å². The lowest BCUT2D eigenvalue weighted by molar-refractivity contribution is -0.120. The maximum Gasteiger partial charge on any atom is 0.234 e. The molecule has 0 saturated heterocycles. The molecule has 0 radical (unpaired) electrons. The highest BCUT2D eigenvalue weighted by Gasteiger charge is 2.21. The van der Waals surface area contributed by atoms with Crippen molar-refractivity contribution in [2.45, 2.75) is 32.7 Å². The second-order valence-electron chi connectivity index (χ2n) is 6.03. The van der Waals surface area contributed by atoms with Crippen LogP contribution in [0.2, 0.25) is 0 Å². The van der Waals surface area contributed by atoms with Crippen molar-refractivity contribution in [2.24, 2.45) is 5.92 Å². The Morgan fingerprint density at radius 1 is 1.23 bits per heavy atom. The van der Waals surface area contributed by atoms with E-state index >= 15 is 0 Å². The predicted octanol–water partition coefficient (Wildman–Crippen LogP) is 2.19. The Morgan fingerprint density at radius 3 is 2.50 bits per heavy atom. The zero-order valence-corrected chi connectivity index (χ0v) is 13.8. The normalized spacial score (nSPS) is 15.8. The lowest BCUT2D eigenvalue weighted by Gasteiger charge is -2.30. The summed E-state index contributed by atoms with van der Waals surface area (Å²) in [5, 5.41) is 6.32. The van der Waals surface area contributed by atoms with E-state index in [0.29, 0.717) is 13.1 Å². The van der Waals surface area contributed by atoms with Crippen molar-refractivity contribution in [1.29, 1.82) is 0 Å². The summed E-state index contributed by atoms with van der Waals surface area (Å²) in [5.74, 6) is 0.897. The van der Waals surface area contributed by atoms with Gasteiger partial charge in [0.25, 0.3) is 0 Å². The van der Waals surface area contributed by atoms with E-state index in [-0.39, 0.29) is 11.9 Å². The van der Waals surface area contributed by atoms with Crippen molar-refractivity contribution in [1.82, 2.24) is 15.5 Å². The van der Waals surface area contributed by atoms with E-state index in [4.69, 9.17) is 0 Å². The number of hydrogen-bond donors (Lipinski definition) is 2. The third-order valence-corrected chi connectivity index (χ3v) is 4.35. The molecule has 0 aliphatic heterocycles. The van der Waals surface area contributed by atoms with Crippen molar-refractivity contribution in [3.05, 3.63) is 35.9 Å². The third-order valence-electron chi connectivity index (χ3n) is 4.35. The molecule has 22 heavy (non-hydrogen) atoms. The van der Waals surface area contributed by atoms with Crippen molar-refractivity contribution < 1.29 is 4.79 Å². The molecule has 0 heterocycles. The fourth-order valence-corrected chi connectivity index (χ4v) is 2.78. The molecule has 1 aromatic rings. The number of amides is 1. The maximum atomic E-state index is 12.0. The fraction of sp³-hybridized carbons (Fsp3) is 0.611. The van der Waals surface area contributed by atoms with Crippen LogP contribution in [0.25, 0.3) is 0 Å². The van der Waals surface area contributed by atoms with Crippen LogP contribution in [0.15, 0.2) is 30.3 Å². The molecule has 1 fully saturated rings. The molecule has 0 spiro atoms. The largest absolute Gasteiger partial charge is 0.353 e. The van der Waals surface area contributed by atoms with Crippen LogP contribution in [-0.4, -0.2) is 43.5 Å². The molecule has 1 amide bonds. The zero-order valence-electron chi connectivity index (χ0n) is 13.8. The number of nitrogens with one attached hydrogen (secondary N) is 2. The summed E-state index contributed by atoms with van der Waals surface area (Å²) in [6.07, 6.45) is 2.62. The van der Waals surface area contributed by atoms with Gasteiger partial charge < -0.3 is 10.6 Å². The Morgan fingerprint density at radius 2 is 1.91 bits per heavy atom. The van der Waals surface area contributed by atoms with Crippen LogP contribution in [0.1, 0.15) is 38.3 Å². The first-order valence-corrected chi connectivity index (χ1v) is 8.51. The van der Waals surface area contributed by atoms with Gasteiger partial charge in [0.2, 0.25) is 5.91 Å². The van der Waals surface area contributed by atoms with Crippen LogP contribution in [0, 0.1) is 5.92 Å². The summed E-state index contributed by atoms with van der Waals surface area (Å²) in [7, 11) is 0. The zero-order chi connectivity index (χ0) is 15.8. The van der Waals surface area contributed by atoms with Gasteiger partial charge in [-0.1, -0.05) is 44.2 Å². The SMILES string of the molecule is CCN(CC)C(CNC(=O)CNCC1CC1)c1ccccc1. The molecule has 1 atom stereocenters. The summed E-state index contributed by atoms with van der Waals surface area (Å²) in [5.41, 5.74) is 1.26. The molecule has 2 rings (SSSR count). The van der Waals surface area contributed by atoms with Crippen LogP contribution >= 0.6 is 0 Å². The minimum Gasteiger partial charge on any atom is -0.353 e. The van der Waals surface area contributed by atoms with E-state index < -0.39 is 0 Å². The van der Waals surface area contributed by atoms with E-state index in [2.05, 4.69) is 53.6 Å². The average molecular weight is 303 g/mol. The van der Waals surface area contributed by atoms with Gasteiger partial charge in [0.15, 0.2) is 0 Å². The van der Waals surface area contributed by atoms with Gasteiger partial charge in [0.1, 0.15) is 0 Å². The molecule has 1 saturated carbocycles. The Hall–Kier alpha value is -1.39. The lowest BCUT2D eigenvalue weighted by Crippen LogP contribution is -2.41. The van der Waals surface area contributed by atoms with Crippen LogP contribution in [0.4, 0.5) is 0 Å². The van der Waals surface area contributed by atoms with Crippen LogP contribution in [0.5, 0.6) is 0 Å². The van der Waals surface area contributed by atoms with E-state index in [0.717, 1.165) is 25.6 Å². The Balaban J connectivity index is 1.84. The van der Waals surface area contributed by atoms with Crippen LogP contribution < -0.4 is 10.6 Å². The van der Waals surface area contributed by atoms with Gasteiger partial charge in [-0.25, -0.2) is 0 Å². The Labute approximate surface area is 134 Å². The van der Waals surface area contributed by atoms with Crippen molar-refractivity contribution in [2.75, 3.05) is 32.7 Å². The molecule has 1 aliphatic carbocycles. The number of rotatable bonds is 10. The number of carbonyl (C=O) groups excluding carboxylic acids is 1. The minimum atomic E-state index is 0.0914. The quantitative estimate of drug-likeness (QED) is 0.696. The van der Waals surface area contributed by atoms with Gasteiger partial charge >= 0.3 is 0 Å². The molecule has 4 heteroatoms. The molecular formula is C18H29N3O. The van der Waals surface area contributed by atoms with Gasteiger partial charge in [0, 0.05) is 6.54 Å². The predicted molar refractivity (Wildman–Crippen MR) is 90.7 cm³/mol.